The van der Waals surface area contributed by atoms with Gasteiger partial charge in [-0.3, -0.25) is 9.52 Å². The number of halogens is 3. The van der Waals surface area contributed by atoms with Crippen molar-refractivity contribution >= 4 is 21.7 Å². The van der Waals surface area contributed by atoms with E-state index in [2.05, 4.69) is 0 Å². The molecule has 0 fully saturated rings. The number of nitrogens with one attached hydrogen (secondary N) is 1. The molecule has 0 heterocycles. The van der Waals surface area contributed by atoms with Gasteiger partial charge in [-0.05, 0) is 24.6 Å². The molecule has 0 saturated heterocycles. The summed E-state index contributed by atoms with van der Waals surface area (Å²) in [5.74, 6) is -1.97. The Morgan fingerprint density at radius 3 is 2.52 bits per heavy atom. The molecule has 0 aliphatic rings. The molecule has 4 N–H and O–H groups in total. The van der Waals surface area contributed by atoms with E-state index >= 15 is 0 Å². The first-order valence-electron chi connectivity index (χ1n) is 5.67. The Morgan fingerprint density at radius 2 is 2.00 bits per heavy atom. The van der Waals surface area contributed by atoms with Gasteiger partial charge in [0.2, 0.25) is 10.0 Å². The molecule has 0 spiro atoms. The zero-order valence-corrected chi connectivity index (χ0v) is 11.4. The highest BCUT2D eigenvalue weighted by Crippen LogP contribution is 2.30. The maximum Gasteiger partial charge on any atom is 0.416 e. The number of carboxylic acid groups (broad SMARTS) is 1. The van der Waals surface area contributed by atoms with Crippen LogP contribution in [0, 0.1) is 0 Å². The summed E-state index contributed by atoms with van der Waals surface area (Å²) in [4.78, 5) is 10.5. The Balaban J connectivity index is 2.78. The summed E-state index contributed by atoms with van der Waals surface area (Å²) in [6.07, 6.45) is -4.95. The number of aliphatic carboxylic acids is 1. The van der Waals surface area contributed by atoms with E-state index in [1.54, 1.807) is 0 Å². The van der Waals surface area contributed by atoms with E-state index < -0.39 is 39.5 Å². The van der Waals surface area contributed by atoms with Crippen LogP contribution < -0.4 is 10.5 Å². The van der Waals surface area contributed by atoms with Gasteiger partial charge >= 0.3 is 12.1 Å². The molecule has 0 aliphatic heterocycles. The van der Waals surface area contributed by atoms with Crippen molar-refractivity contribution in [3.8, 4) is 0 Å². The van der Waals surface area contributed by atoms with E-state index in [1.807, 2.05) is 4.72 Å². The molecule has 0 amide bonds. The van der Waals surface area contributed by atoms with Crippen molar-refractivity contribution in [1.29, 1.82) is 0 Å². The molecule has 6 nitrogen and oxygen atoms in total. The molecular weight excluding hydrogens is 313 g/mol. The highest BCUT2D eigenvalue weighted by molar-refractivity contribution is 7.92. The number of hydrogen-bond donors (Lipinski definition) is 3. The van der Waals surface area contributed by atoms with Crippen LogP contribution >= 0.6 is 0 Å². The Hall–Kier alpha value is -1.81. The zero-order valence-electron chi connectivity index (χ0n) is 10.6. The summed E-state index contributed by atoms with van der Waals surface area (Å²) in [7, 11) is -3.99. The number of sulfonamides is 1. The summed E-state index contributed by atoms with van der Waals surface area (Å²) < 4.78 is 62.7. The van der Waals surface area contributed by atoms with Gasteiger partial charge in [0, 0.05) is 5.69 Å². The fraction of sp³-hybridized carbons (Fsp3) is 0.364. The molecule has 1 aromatic rings. The highest BCUT2D eigenvalue weighted by atomic mass is 32.2. The zero-order chi connectivity index (χ0) is 16.3. The van der Waals surface area contributed by atoms with Crippen molar-refractivity contribution in [3.05, 3.63) is 29.8 Å². The molecule has 0 aromatic heterocycles. The van der Waals surface area contributed by atoms with Crippen LogP contribution in [0.1, 0.15) is 12.0 Å². The van der Waals surface area contributed by atoms with Crippen molar-refractivity contribution in [2.45, 2.75) is 18.6 Å². The number of anilines is 1. The summed E-state index contributed by atoms with van der Waals surface area (Å²) >= 11 is 0. The Bertz CT molecular complexity index is 616. The maximum atomic E-state index is 12.5. The fourth-order valence-electron chi connectivity index (χ4n) is 1.40. The Morgan fingerprint density at radius 1 is 1.38 bits per heavy atom. The highest BCUT2D eigenvalue weighted by Gasteiger charge is 2.30. The third-order valence-corrected chi connectivity index (χ3v) is 3.80. The first-order valence-corrected chi connectivity index (χ1v) is 7.32. The minimum atomic E-state index is -4.59. The fourth-order valence-corrected chi connectivity index (χ4v) is 2.55. The van der Waals surface area contributed by atoms with Crippen molar-refractivity contribution < 1.29 is 31.5 Å². The number of carboxylic acids is 1. The lowest BCUT2D eigenvalue weighted by atomic mass is 10.2. The first-order chi connectivity index (χ1) is 9.51. The van der Waals surface area contributed by atoms with Gasteiger partial charge in [0.1, 0.15) is 6.04 Å². The Kier molecular flexibility index (Phi) is 5.18. The van der Waals surface area contributed by atoms with Crippen LogP contribution in [0.4, 0.5) is 18.9 Å². The number of rotatable bonds is 6. The lowest BCUT2D eigenvalue weighted by Gasteiger charge is -2.12. The van der Waals surface area contributed by atoms with Gasteiger partial charge < -0.3 is 10.8 Å². The number of nitrogens with two attached hydrogens (primary N) is 1. The number of carbonyl (C=O) groups is 1. The van der Waals surface area contributed by atoms with Gasteiger partial charge in [-0.25, -0.2) is 8.42 Å². The normalized spacial score (nSPS) is 13.7. The van der Waals surface area contributed by atoms with E-state index in [9.17, 15) is 26.4 Å². The smallest absolute Gasteiger partial charge is 0.416 e. The third kappa shape index (κ3) is 5.60. The second-order valence-corrected chi connectivity index (χ2v) is 6.07. The molecule has 10 heteroatoms. The van der Waals surface area contributed by atoms with Crippen molar-refractivity contribution in [1.82, 2.24) is 0 Å². The predicted molar refractivity (Wildman–Crippen MR) is 69.1 cm³/mol. The molecule has 1 aromatic carbocycles. The Labute approximate surface area is 118 Å². The predicted octanol–water partition coefficient (Wildman–Crippen LogP) is 1.25. The third-order valence-electron chi connectivity index (χ3n) is 2.48. The first kappa shape index (κ1) is 17.2. The molecule has 0 aliphatic carbocycles. The monoisotopic (exact) mass is 326 g/mol. The van der Waals surface area contributed by atoms with E-state index in [4.69, 9.17) is 10.8 Å². The average molecular weight is 326 g/mol. The second kappa shape index (κ2) is 6.31. The van der Waals surface area contributed by atoms with E-state index in [0.717, 1.165) is 18.2 Å². The molecule has 0 saturated carbocycles. The minimum Gasteiger partial charge on any atom is -0.480 e. The van der Waals surface area contributed by atoms with Gasteiger partial charge in [0.15, 0.2) is 0 Å². The summed E-state index contributed by atoms with van der Waals surface area (Å²) in [6, 6.07) is 2.31. The summed E-state index contributed by atoms with van der Waals surface area (Å²) in [5, 5.41) is 8.53. The van der Waals surface area contributed by atoms with Crippen LogP contribution in [0.2, 0.25) is 0 Å². The number of benzene rings is 1. The van der Waals surface area contributed by atoms with Crippen LogP contribution in [0.15, 0.2) is 24.3 Å². The second-order valence-electron chi connectivity index (χ2n) is 4.23. The van der Waals surface area contributed by atoms with Gasteiger partial charge in [-0.15, -0.1) is 0 Å². The van der Waals surface area contributed by atoms with Crippen molar-refractivity contribution in [2.75, 3.05) is 10.5 Å². The quantitative estimate of drug-likeness (QED) is 0.729. The van der Waals surface area contributed by atoms with Gasteiger partial charge in [-0.2, -0.15) is 13.2 Å². The van der Waals surface area contributed by atoms with E-state index in [1.165, 1.54) is 0 Å². The molecule has 0 bridgehead atoms. The number of hydrogen-bond acceptors (Lipinski definition) is 4. The summed E-state index contributed by atoms with van der Waals surface area (Å²) in [5.41, 5.74) is 3.91. The lowest BCUT2D eigenvalue weighted by molar-refractivity contribution is -0.139. The van der Waals surface area contributed by atoms with E-state index in [0.29, 0.717) is 6.07 Å². The average Bonchev–Trinajstić information content (AvgIpc) is 2.34. The van der Waals surface area contributed by atoms with Crippen LogP contribution in [0.25, 0.3) is 0 Å². The molecule has 21 heavy (non-hydrogen) atoms. The van der Waals surface area contributed by atoms with Gasteiger partial charge in [0.25, 0.3) is 0 Å². The van der Waals surface area contributed by atoms with Crippen LogP contribution in [0.5, 0.6) is 0 Å². The standard InChI is InChI=1S/C11H13F3N2O4S/c12-11(13,14)7-2-1-3-8(6-7)16-21(19,20)5-4-9(15)10(17)18/h1-3,6,9,16H,4-5,15H2,(H,17,18). The molecule has 118 valence electrons. The lowest BCUT2D eigenvalue weighted by Crippen LogP contribution is -2.33. The molecule has 1 unspecified atom stereocenters. The van der Waals surface area contributed by atoms with Gasteiger partial charge in [-0.1, -0.05) is 6.07 Å². The molecule has 1 atom stereocenters. The molecular formula is C11H13F3N2O4S. The molecule has 0 radical (unpaired) electrons. The number of alkyl halides is 3. The molecule has 1 rings (SSSR count). The van der Waals surface area contributed by atoms with Crippen molar-refractivity contribution in [3.63, 3.8) is 0 Å². The SMILES string of the molecule is NC(CCS(=O)(=O)Nc1cccc(C(F)(F)F)c1)C(=O)O. The minimum absolute atomic E-state index is 0.256. The topological polar surface area (TPSA) is 109 Å². The van der Waals surface area contributed by atoms with Gasteiger partial charge in [0.05, 0.1) is 11.3 Å². The van der Waals surface area contributed by atoms with Crippen LogP contribution in [0.3, 0.4) is 0 Å². The maximum absolute atomic E-state index is 12.5. The van der Waals surface area contributed by atoms with Crippen LogP contribution in [-0.2, 0) is 21.0 Å². The van der Waals surface area contributed by atoms with Crippen molar-refractivity contribution in [2.24, 2.45) is 5.73 Å². The largest absolute Gasteiger partial charge is 0.480 e. The van der Waals surface area contributed by atoms with E-state index in [-0.39, 0.29) is 12.1 Å². The van der Waals surface area contributed by atoms with Crippen LogP contribution in [-0.4, -0.2) is 31.3 Å². The summed E-state index contributed by atoms with van der Waals surface area (Å²) in [6.45, 7) is 0.